The maximum atomic E-state index is 11.4. The molecule has 5 heteroatoms. The maximum absolute atomic E-state index is 11.4. The first-order valence-corrected chi connectivity index (χ1v) is 7.56. The second-order valence-electron chi connectivity index (χ2n) is 5.58. The number of fused-ring (bicyclic) bond motifs is 2. The predicted molar refractivity (Wildman–Crippen MR) is 86.9 cm³/mol. The number of methoxy groups -OCH3 is 1. The lowest BCUT2D eigenvalue weighted by Gasteiger charge is -2.13. The molecule has 1 aliphatic heterocycles. The molecule has 0 amide bonds. The molecular weight excluding hydrogens is 292 g/mol. The summed E-state index contributed by atoms with van der Waals surface area (Å²) < 4.78 is 10.6. The van der Waals surface area contributed by atoms with Crippen molar-refractivity contribution in [1.29, 1.82) is 0 Å². The number of hydrogen-bond acceptors (Lipinski definition) is 5. The lowest BCUT2D eigenvalue weighted by atomic mass is 10.1. The molecular formula is C18H16N2O3. The number of hydrogen-bond donors (Lipinski definition) is 0. The number of rotatable bonds is 3. The molecule has 1 aromatic heterocycles. The van der Waals surface area contributed by atoms with Gasteiger partial charge >= 0.3 is 12.0 Å². The molecule has 4 rings (SSSR count). The first-order valence-electron chi connectivity index (χ1n) is 7.56. The van der Waals surface area contributed by atoms with Crippen molar-refractivity contribution in [1.82, 2.24) is 4.98 Å². The monoisotopic (exact) mass is 308 g/mol. The molecule has 23 heavy (non-hydrogen) atoms. The van der Waals surface area contributed by atoms with E-state index in [9.17, 15) is 4.79 Å². The first-order chi connectivity index (χ1) is 11.2. The van der Waals surface area contributed by atoms with Crippen molar-refractivity contribution in [2.75, 3.05) is 18.6 Å². The van der Waals surface area contributed by atoms with Gasteiger partial charge in [0.05, 0.1) is 13.5 Å². The highest BCUT2D eigenvalue weighted by Crippen LogP contribution is 2.35. The fourth-order valence-corrected chi connectivity index (χ4v) is 2.96. The van der Waals surface area contributed by atoms with Crippen molar-refractivity contribution in [3.8, 4) is 0 Å². The molecule has 5 nitrogen and oxygen atoms in total. The molecule has 3 aromatic rings. The van der Waals surface area contributed by atoms with Gasteiger partial charge in [0.1, 0.15) is 5.52 Å². The molecule has 0 fully saturated rings. The Morgan fingerprint density at radius 1 is 1.30 bits per heavy atom. The summed E-state index contributed by atoms with van der Waals surface area (Å²) in [4.78, 5) is 18.1. The van der Waals surface area contributed by atoms with Crippen LogP contribution in [-0.2, 0) is 22.4 Å². The van der Waals surface area contributed by atoms with Gasteiger partial charge in [0.2, 0.25) is 0 Å². The Morgan fingerprint density at radius 2 is 2.17 bits per heavy atom. The Bertz CT molecular complexity index is 885. The van der Waals surface area contributed by atoms with Gasteiger partial charge in [-0.25, -0.2) is 0 Å². The van der Waals surface area contributed by atoms with E-state index >= 15 is 0 Å². The van der Waals surface area contributed by atoms with Crippen LogP contribution in [0.5, 0.6) is 0 Å². The molecule has 0 saturated heterocycles. The normalized spacial score (nSPS) is 13.3. The van der Waals surface area contributed by atoms with Crippen molar-refractivity contribution in [3.63, 3.8) is 0 Å². The van der Waals surface area contributed by atoms with Crippen molar-refractivity contribution in [2.45, 2.75) is 12.8 Å². The first kappa shape index (κ1) is 13.8. The second kappa shape index (κ2) is 5.43. The van der Waals surface area contributed by atoms with Gasteiger partial charge in [-0.1, -0.05) is 24.3 Å². The van der Waals surface area contributed by atoms with Crippen molar-refractivity contribution >= 4 is 28.8 Å². The molecule has 0 saturated carbocycles. The lowest BCUT2D eigenvalue weighted by molar-refractivity contribution is -0.139. The van der Waals surface area contributed by atoms with Crippen LogP contribution >= 0.6 is 0 Å². The fourth-order valence-electron chi connectivity index (χ4n) is 2.96. The summed E-state index contributed by atoms with van der Waals surface area (Å²) in [6, 6.07) is 14.5. The molecule has 2 aromatic carbocycles. The Hall–Kier alpha value is -2.82. The standard InChI is InChI=1S/C18H16N2O3/c1-22-17(21)11-12-6-7-14-16(10-12)23-18(19-14)20-9-8-13-4-2-3-5-15(13)20/h2-7,10H,8-9,11H2,1H3. The average Bonchev–Trinajstić information content (AvgIpc) is 3.17. The third-order valence-electron chi connectivity index (χ3n) is 4.14. The van der Waals surface area contributed by atoms with E-state index in [1.165, 1.54) is 12.7 Å². The van der Waals surface area contributed by atoms with Crippen LogP contribution in [0, 0.1) is 0 Å². The van der Waals surface area contributed by atoms with Crippen LogP contribution in [0.3, 0.4) is 0 Å². The van der Waals surface area contributed by atoms with Crippen molar-refractivity contribution in [3.05, 3.63) is 53.6 Å². The third kappa shape index (κ3) is 2.44. The second-order valence-corrected chi connectivity index (χ2v) is 5.58. The Labute approximate surface area is 133 Å². The van der Waals surface area contributed by atoms with Crippen molar-refractivity contribution in [2.24, 2.45) is 0 Å². The average molecular weight is 308 g/mol. The zero-order valence-corrected chi connectivity index (χ0v) is 12.8. The largest absolute Gasteiger partial charge is 0.469 e. The number of nitrogens with zero attached hydrogens (tertiary/aromatic N) is 2. The molecule has 1 aliphatic rings. The maximum Gasteiger partial charge on any atom is 0.309 e. The molecule has 0 N–H and O–H groups in total. The highest BCUT2D eigenvalue weighted by atomic mass is 16.5. The zero-order chi connectivity index (χ0) is 15.8. The summed E-state index contributed by atoms with van der Waals surface area (Å²) >= 11 is 0. The van der Waals surface area contributed by atoms with Gasteiger partial charge in [-0.2, -0.15) is 4.98 Å². The summed E-state index contributed by atoms with van der Waals surface area (Å²) in [7, 11) is 1.39. The van der Waals surface area contributed by atoms with Gasteiger partial charge in [0, 0.05) is 12.2 Å². The minimum absolute atomic E-state index is 0.231. The molecule has 0 bridgehead atoms. The van der Waals surface area contributed by atoms with Crippen LogP contribution in [0.25, 0.3) is 11.1 Å². The highest BCUT2D eigenvalue weighted by Gasteiger charge is 2.24. The molecule has 116 valence electrons. The summed E-state index contributed by atoms with van der Waals surface area (Å²) in [5.74, 6) is -0.266. The number of aromatic nitrogens is 1. The van der Waals surface area contributed by atoms with E-state index in [0.717, 1.165) is 29.7 Å². The summed E-state index contributed by atoms with van der Waals surface area (Å²) in [6.07, 6.45) is 1.22. The van der Waals surface area contributed by atoms with Crippen molar-refractivity contribution < 1.29 is 13.9 Å². The Morgan fingerprint density at radius 3 is 3.04 bits per heavy atom. The minimum Gasteiger partial charge on any atom is -0.469 e. The topological polar surface area (TPSA) is 55.6 Å². The molecule has 0 unspecified atom stereocenters. The van der Waals surface area contributed by atoms with Gasteiger partial charge in [-0.3, -0.25) is 9.69 Å². The fraction of sp³-hybridized carbons (Fsp3) is 0.222. The number of carbonyl (C=O) groups excluding carboxylic acids is 1. The molecule has 2 heterocycles. The minimum atomic E-state index is -0.266. The quantitative estimate of drug-likeness (QED) is 0.695. The number of oxazole rings is 1. The van der Waals surface area contributed by atoms with Crippen LogP contribution in [0.15, 0.2) is 46.9 Å². The lowest BCUT2D eigenvalue weighted by Crippen LogP contribution is -2.13. The van der Waals surface area contributed by atoms with Crippen LogP contribution < -0.4 is 4.90 Å². The third-order valence-corrected chi connectivity index (χ3v) is 4.14. The van der Waals surface area contributed by atoms with E-state index < -0.39 is 0 Å². The van der Waals surface area contributed by atoms with E-state index in [1.54, 1.807) is 0 Å². The van der Waals surface area contributed by atoms with E-state index in [1.807, 2.05) is 30.3 Å². The summed E-state index contributed by atoms with van der Waals surface area (Å²) in [5.41, 5.74) is 4.78. The van der Waals surface area contributed by atoms with Gasteiger partial charge in [0.15, 0.2) is 5.58 Å². The number of para-hydroxylation sites is 1. The predicted octanol–water partition coefficient (Wildman–Crippen LogP) is 3.24. The van der Waals surface area contributed by atoms with Crippen LogP contribution in [0.2, 0.25) is 0 Å². The molecule has 0 radical (unpaired) electrons. The summed E-state index contributed by atoms with van der Waals surface area (Å²) in [6.45, 7) is 0.862. The summed E-state index contributed by atoms with van der Waals surface area (Å²) in [5, 5.41) is 0. The van der Waals surface area contributed by atoms with Gasteiger partial charge in [-0.05, 0) is 35.7 Å². The van der Waals surface area contributed by atoms with Crippen LogP contribution in [-0.4, -0.2) is 24.6 Å². The van der Waals surface area contributed by atoms with Gasteiger partial charge < -0.3 is 9.15 Å². The number of benzene rings is 2. The van der Waals surface area contributed by atoms with E-state index in [2.05, 4.69) is 22.0 Å². The van der Waals surface area contributed by atoms with E-state index in [0.29, 0.717) is 11.6 Å². The highest BCUT2D eigenvalue weighted by molar-refractivity contribution is 5.79. The van der Waals surface area contributed by atoms with E-state index in [4.69, 9.17) is 9.15 Å². The van der Waals surface area contributed by atoms with Crippen LogP contribution in [0.4, 0.5) is 11.7 Å². The van der Waals surface area contributed by atoms with Gasteiger partial charge in [0.25, 0.3) is 0 Å². The number of anilines is 2. The number of ether oxygens (including phenoxy) is 1. The number of carbonyl (C=O) groups is 1. The SMILES string of the molecule is COC(=O)Cc1ccc2nc(N3CCc4ccccc43)oc2c1. The Balaban J connectivity index is 1.68. The van der Waals surface area contributed by atoms with Crippen LogP contribution in [0.1, 0.15) is 11.1 Å². The van der Waals surface area contributed by atoms with E-state index in [-0.39, 0.29) is 12.4 Å². The molecule has 0 aliphatic carbocycles. The zero-order valence-electron chi connectivity index (χ0n) is 12.8. The molecule has 0 spiro atoms. The number of esters is 1. The Kier molecular flexibility index (Phi) is 3.26. The smallest absolute Gasteiger partial charge is 0.309 e. The molecule has 0 atom stereocenters. The van der Waals surface area contributed by atoms with Gasteiger partial charge in [-0.15, -0.1) is 0 Å².